The van der Waals surface area contributed by atoms with Gasteiger partial charge >= 0.3 is 5.97 Å². The van der Waals surface area contributed by atoms with Crippen molar-refractivity contribution in [2.24, 2.45) is 0 Å². The maximum Gasteiger partial charge on any atom is 0.305 e. The fraction of sp³-hybridized carbons (Fsp3) is 0.636. The average molecular weight is 305 g/mol. The van der Waals surface area contributed by atoms with Gasteiger partial charge in [-0.2, -0.15) is 5.10 Å². The first-order chi connectivity index (χ1) is 9.39. The van der Waals surface area contributed by atoms with Crippen LogP contribution in [0.5, 0.6) is 0 Å². The summed E-state index contributed by atoms with van der Waals surface area (Å²) < 4.78 is 27.9. The Morgan fingerprint density at radius 1 is 1.55 bits per heavy atom. The number of hydrogen-bond acceptors (Lipinski definition) is 5. The van der Waals surface area contributed by atoms with Crippen LogP contribution in [0.4, 0.5) is 0 Å². The third-order valence-electron chi connectivity index (χ3n) is 2.77. The number of aliphatic hydroxyl groups is 1. The zero-order chi connectivity index (χ0) is 15.2. The molecule has 9 heteroatoms. The maximum absolute atomic E-state index is 12.1. The summed E-state index contributed by atoms with van der Waals surface area (Å²) in [5.74, 6) is -0.975. The van der Waals surface area contributed by atoms with Gasteiger partial charge < -0.3 is 10.2 Å². The summed E-state index contributed by atoms with van der Waals surface area (Å²) in [5.41, 5.74) is 0. The third kappa shape index (κ3) is 4.91. The van der Waals surface area contributed by atoms with E-state index >= 15 is 0 Å². The van der Waals surface area contributed by atoms with E-state index in [4.69, 9.17) is 10.2 Å². The van der Waals surface area contributed by atoms with Gasteiger partial charge in [-0.15, -0.1) is 0 Å². The first-order valence-corrected chi connectivity index (χ1v) is 7.74. The van der Waals surface area contributed by atoms with Crippen molar-refractivity contribution in [1.29, 1.82) is 0 Å². The molecule has 8 nitrogen and oxygen atoms in total. The van der Waals surface area contributed by atoms with Gasteiger partial charge in [0.05, 0.1) is 19.2 Å². The van der Waals surface area contributed by atoms with Crippen LogP contribution in [-0.4, -0.2) is 47.0 Å². The Balaban J connectivity index is 2.74. The number of rotatable bonds is 9. The normalized spacial score (nSPS) is 13.3. The molecule has 0 aliphatic rings. The van der Waals surface area contributed by atoms with Crippen molar-refractivity contribution in [2.45, 2.75) is 43.7 Å². The lowest BCUT2D eigenvalue weighted by molar-refractivity contribution is -0.137. The molecule has 3 N–H and O–H groups in total. The van der Waals surface area contributed by atoms with E-state index in [0.29, 0.717) is 12.8 Å². The molecule has 0 amide bonds. The van der Waals surface area contributed by atoms with Crippen molar-refractivity contribution < 1.29 is 23.4 Å². The lowest BCUT2D eigenvalue weighted by Gasteiger charge is -2.14. The van der Waals surface area contributed by atoms with Gasteiger partial charge in [0.1, 0.15) is 4.90 Å². The average Bonchev–Trinajstić information content (AvgIpc) is 2.85. The van der Waals surface area contributed by atoms with Crippen LogP contribution in [0.2, 0.25) is 0 Å². The molecule has 0 saturated carbocycles. The summed E-state index contributed by atoms with van der Waals surface area (Å²) in [6.07, 6.45) is 3.24. The number of nitrogens with one attached hydrogen (secondary N) is 1. The minimum absolute atomic E-state index is 0.0146. The molecule has 0 fully saturated rings. The largest absolute Gasteiger partial charge is 0.481 e. The topological polar surface area (TPSA) is 122 Å². The highest BCUT2D eigenvalue weighted by atomic mass is 32.2. The first kappa shape index (κ1) is 16.6. The second-order valence-corrected chi connectivity index (χ2v) is 6.04. The van der Waals surface area contributed by atoms with Crippen LogP contribution in [0.3, 0.4) is 0 Å². The molecular weight excluding hydrogens is 286 g/mol. The molecule has 1 aromatic heterocycles. The lowest BCUT2D eigenvalue weighted by atomic mass is 10.2. The highest BCUT2D eigenvalue weighted by molar-refractivity contribution is 7.89. The van der Waals surface area contributed by atoms with E-state index < -0.39 is 16.0 Å². The number of aliphatic carboxylic acids is 1. The predicted molar refractivity (Wildman–Crippen MR) is 70.6 cm³/mol. The molecule has 0 aliphatic carbocycles. The van der Waals surface area contributed by atoms with Crippen LogP contribution >= 0.6 is 0 Å². The zero-order valence-corrected chi connectivity index (χ0v) is 12.0. The number of sulfonamides is 1. The quantitative estimate of drug-likeness (QED) is 0.580. The van der Waals surface area contributed by atoms with Gasteiger partial charge in [0, 0.05) is 18.8 Å². The van der Waals surface area contributed by atoms with Crippen LogP contribution in [0, 0.1) is 0 Å². The van der Waals surface area contributed by atoms with Crippen LogP contribution in [0.15, 0.2) is 17.3 Å². The van der Waals surface area contributed by atoms with Crippen molar-refractivity contribution >= 4 is 16.0 Å². The van der Waals surface area contributed by atoms with Crippen molar-refractivity contribution in [2.75, 3.05) is 6.61 Å². The smallest absolute Gasteiger partial charge is 0.305 e. The molecule has 1 rings (SSSR count). The molecule has 0 saturated heterocycles. The van der Waals surface area contributed by atoms with Crippen molar-refractivity contribution in [3.63, 3.8) is 0 Å². The van der Waals surface area contributed by atoms with Gasteiger partial charge in [0.15, 0.2) is 0 Å². The molecular formula is C11H19N3O5S. The Morgan fingerprint density at radius 3 is 2.80 bits per heavy atom. The maximum atomic E-state index is 12.1. The van der Waals surface area contributed by atoms with Gasteiger partial charge in [0.25, 0.3) is 0 Å². The predicted octanol–water partition coefficient (Wildman–Crippen LogP) is -0.203. The van der Waals surface area contributed by atoms with E-state index in [9.17, 15) is 13.2 Å². The molecule has 20 heavy (non-hydrogen) atoms. The Kier molecular flexibility index (Phi) is 6.11. The molecule has 1 aromatic rings. The van der Waals surface area contributed by atoms with Gasteiger partial charge in [-0.3, -0.25) is 9.48 Å². The number of aryl methyl sites for hydroxylation is 1. The Bertz CT molecular complexity index is 540. The number of aliphatic hydroxyl groups excluding tert-OH is 1. The Hall–Kier alpha value is -1.45. The van der Waals surface area contributed by atoms with Crippen LogP contribution in [0.1, 0.15) is 26.2 Å². The number of carbonyl (C=O) groups is 1. The minimum atomic E-state index is -3.70. The van der Waals surface area contributed by atoms with E-state index in [1.807, 2.05) is 6.92 Å². The summed E-state index contributed by atoms with van der Waals surface area (Å²) in [6, 6.07) is -0.340. The SMILES string of the molecule is CCC(CCO)NS(=O)(=O)c1cnn(CCC(=O)O)c1. The summed E-state index contributed by atoms with van der Waals surface area (Å²) in [5, 5.41) is 21.2. The monoisotopic (exact) mass is 305 g/mol. The molecule has 1 unspecified atom stereocenters. The van der Waals surface area contributed by atoms with Crippen LogP contribution in [-0.2, 0) is 21.4 Å². The Morgan fingerprint density at radius 2 is 2.25 bits per heavy atom. The first-order valence-electron chi connectivity index (χ1n) is 6.26. The number of aromatic nitrogens is 2. The number of hydrogen-bond donors (Lipinski definition) is 3. The zero-order valence-electron chi connectivity index (χ0n) is 11.2. The van der Waals surface area contributed by atoms with Gasteiger partial charge in [0.2, 0.25) is 10.0 Å². The van der Waals surface area contributed by atoms with Gasteiger partial charge in [-0.05, 0) is 12.8 Å². The number of carboxylic acids is 1. The summed E-state index contributed by atoms with van der Waals surface area (Å²) in [4.78, 5) is 10.4. The number of nitrogens with zero attached hydrogens (tertiary/aromatic N) is 2. The lowest BCUT2D eigenvalue weighted by Crippen LogP contribution is -2.34. The van der Waals surface area contributed by atoms with Crippen molar-refractivity contribution in [3.05, 3.63) is 12.4 Å². The molecule has 0 aliphatic heterocycles. The fourth-order valence-corrected chi connectivity index (χ4v) is 2.91. The van der Waals surface area contributed by atoms with E-state index in [1.54, 1.807) is 0 Å². The molecule has 0 radical (unpaired) electrons. The van der Waals surface area contributed by atoms with Crippen molar-refractivity contribution in [1.82, 2.24) is 14.5 Å². The third-order valence-corrected chi connectivity index (χ3v) is 4.24. The highest BCUT2D eigenvalue weighted by Crippen LogP contribution is 2.10. The van der Waals surface area contributed by atoms with Gasteiger partial charge in [-0.25, -0.2) is 13.1 Å². The summed E-state index contributed by atoms with van der Waals surface area (Å²) in [7, 11) is -3.70. The van der Waals surface area contributed by atoms with Crippen LogP contribution in [0.25, 0.3) is 0 Å². The second-order valence-electron chi connectivity index (χ2n) is 4.32. The van der Waals surface area contributed by atoms with E-state index in [0.717, 1.165) is 0 Å². The molecule has 0 aromatic carbocycles. The second kappa shape index (κ2) is 7.36. The summed E-state index contributed by atoms with van der Waals surface area (Å²) in [6.45, 7) is 1.83. The summed E-state index contributed by atoms with van der Waals surface area (Å²) >= 11 is 0. The van der Waals surface area contributed by atoms with E-state index in [2.05, 4.69) is 9.82 Å². The molecule has 1 atom stereocenters. The fourth-order valence-electron chi connectivity index (χ4n) is 1.61. The molecule has 114 valence electrons. The molecule has 0 bridgehead atoms. The Labute approximate surface area is 117 Å². The number of carboxylic acid groups (broad SMARTS) is 1. The molecule has 1 heterocycles. The van der Waals surface area contributed by atoms with Gasteiger partial charge in [-0.1, -0.05) is 6.92 Å². The standard InChI is InChI=1S/C11H19N3O5S/c1-2-9(4-6-15)13-20(18,19)10-7-12-14(8-10)5-3-11(16)17/h7-9,13,15H,2-6H2,1H3,(H,16,17). The van der Waals surface area contributed by atoms with Crippen molar-refractivity contribution in [3.8, 4) is 0 Å². The van der Waals surface area contributed by atoms with E-state index in [-0.39, 0.29) is 30.5 Å². The highest BCUT2D eigenvalue weighted by Gasteiger charge is 2.20. The minimum Gasteiger partial charge on any atom is -0.481 e. The molecule has 0 spiro atoms. The van der Waals surface area contributed by atoms with Crippen LogP contribution < -0.4 is 4.72 Å². The van der Waals surface area contributed by atoms with E-state index in [1.165, 1.54) is 17.1 Å².